The molecule has 3 rings (SSSR count). The first-order chi connectivity index (χ1) is 9.31. The molecule has 2 aliphatic rings. The first-order valence-corrected chi connectivity index (χ1v) is 7.69. The Labute approximate surface area is 115 Å². The van der Waals surface area contributed by atoms with Gasteiger partial charge in [-0.1, -0.05) is 13.3 Å². The molecule has 0 spiro atoms. The van der Waals surface area contributed by atoms with Crippen LogP contribution in [0.3, 0.4) is 0 Å². The molecule has 19 heavy (non-hydrogen) atoms. The van der Waals surface area contributed by atoms with Crippen LogP contribution in [0.2, 0.25) is 0 Å². The number of aromatic nitrogens is 1. The Balaban J connectivity index is 1.91. The maximum atomic E-state index is 9.42. The first-order valence-electron chi connectivity index (χ1n) is 7.69. The van der Waals surface area contributed by atoms with Crippen molar-refractivity contribution in [2.75, 3.05) is 11.4 Å². The summed E-state index contributed by atoms with van der Waals surface area (Å²) in [5, 5.41) is 9.42. The molecule has 1 N–H and O–H groups in total. The van der Waals surface area contributed by atoms with Crippen LogP contribution >= 0.6 is 0 Å². The van der Waals surface area contributed by atoms with E-state index in [-0.39, 0.29) is 6.61 Å². The standard InChI is InChI=1S/C16H24N2O/c1-2-14-9-12(11-19)10-16(17-14)18-8-4-6-13-5-3-7-15(13)18/h9-10,13,15,19H,2-8,11H2,1H3. The van der Waals surface area contributed by atoms with E-state index in [0.717, 1.165) is 36.0 Å². The highest BCUT2D eigenvalue weighted by Gasteiger charge is 2.35. The quantitative estimate of drug-likeness (QED) is 0.908. The predicted octanol–water partition coefficient (Wildman–Crippen LogP) is 2.91. The van der Waals surface area contributed by atoms with E-state index in [1.165, 1.54) is 32.1 Å². The van der Waals surface area contributed by atoms with Crippen molar-refractivity contribution in [1.29, 1.82) is 0 Å². The van der Waals surface area contributed by atoms with Crippen molar-refractivity contribution in [1.82, 2.24) is 4.98 Å². The number of hydrogen-bond acceptors (Lipinski definition) is 3. The zero-order valence-corrected chi connectivity index (χ0v) is 11.8. The van der Waals surface area contributed by atoms with Gasteiger partial charge < -0.3 is 10.0 Å². The Morgan fingerprint density at radius 3 is 2.89 bits per heavy atom. The average molecular weight is 260 g/mol. The lowest BCUT2D eigenvalue weighted by Crippen LogP contribution is -2.43. The molecule has 3 heteroatoms. The lowest BCUT2D eigenvalue weighted by Gasteiger charge is -2.39. The number of hydrogen-bond donors (Lipinski definition) is 1. The molecule has 104 valence electrons. The van der Waals surface area contributed by atoms with Gasteiger partial charge in [0.2, 0.25) is 0 Å². The van der Waals surface area contributed by atoms with E-state index in [4.69, 9.17) is 4.98 Å². The molecule has 2 fully saturated rings. The van der Waals surface area contributed by atoms with Crippen LogP contribution in [-0.2, 0) is 13.0 Å². The van der Waals surface area contributed by atoms with Gasteiger partial charge in [-0.2, -0.15) is 0 Å². The number of rotatable bonds is 3. The Hall–Kier alpha value is -1.09. The molecule has 1 aromatic rings. The zero-order chi connectivity index (χ0) is 13.2. The average Bonchev–Trinajstić information content (AvgIpc) is 2.94. The monoisotopic (exact) mass is 260 g/mol. The van der Waals surface area contributed by atoms with Gasteiger partial charge in [-0.25, -0.2) is 4.98 Å². The summed E-state index contributed by atoms with van der Waals surface area (Å²) in [6.45, 7) is 3.37. The third kappa shape index (κ3) is 2.48. The molecule has 1 saturated carbocycles. The minimum Gasteiger partial charge on any atom is -0.392 e. The SMILES string of the molecule is CCc1cc(CO)cc(N2CCCC3CCCC32)n1. The lowest BCUT2D eigenvalue weighted by atomic mass is 9.92. The molecule has 1 aromatic heterocycles. The highest BCUT2D eigenvalue weighted by molar-refractivity contribution is 5.45. The van der Waals surface area contributed by atoms with Crippen LogP contribution < -0.4 is 4.90 Å². The van der Waals surface area contributed by atoms with Gasteiger partial charge in [0.25, 0.3) is 0 Å². The van der Waals surface area contributed by atoms with E-state index in [1.807, 2.05) is 6.07 Å². The number of nitrogens with zero attached hydrogens (tertiary/aromatic N) is 2. The smallest absolute Gasteiger partial charge is 0.129 e. The summed E-state index contributed by atoms with van der Waals surface area (Å²) in [5.74, 6) is 1.97. The second-order valence-electron chi connectivity index (χ2n) is 5.93. The van der Waals surface area contributed by atoms with Crippen LogP contribution in [0.25, 0.3) is 0 Å². The Morgan fingerprint density at radius 1 is 1.26 bits per heavy atom. The summed E-state index contributed by atoms with van der Waals surface area (Å²) in [6, 6.07) is 4.80. The number of anilines is 1. The maximum Gasteiger partial charge on any atom is 0.129 e. The number of aryl methyl sites for hydroxylation is 1. The summed E-state index contributed by atoms with van der Waals surface area (Å²) in [5.41, 5.74) is 2.10. The number of fused-ring (bicyclic) bond motifs is 1. The van der Waals surface area contributed by atoms with Gasteiger partial charge in [-0.3, -0.25) is 0 Å². The molecular formula is C16H24N2O. The normalized spacial score (nSPS) is 26.5. The van der Waals surface area contributed by atoms with Crippen molar-refractivity contribution in [2.24, 2.45) is 5.92 Å². The molecule has 3 nitrogen and oxygen atoms in total. The molecule has 0 amide bonds. The van der Waals surface area contributed by atoms with Gasteiger partial charge in [-0.15, -0.1) is 0 Å². The number of aliphatic hydroxyl groups excluding tert-OH is 1. The third-order valence-corrected chi connectivity index (χ3v) is 4.76. The van der Waals surface area contributed by atoms with E-state index in [2.05, 4.69) is 17.9 Å². The highest BCUT2D eigenvalue weighted by Crippen LogP contribution is 2.38. The van der Waals surface area contributed by atoms with Gasteiger partial charge in [0.1, 0.15) is 5.82 Å². The second kappa shape index (κ2) is 5.49. The van der Waals surface area contributed by atoms with E-state index >= 15 is 0 Å². The van der Waals surface area contributed by atoms with Gasteiger partial charge in [-0.05, 0) is 55.7 Å². The Bertz CT molecular complexity index is 424. The molecule has 0 bridgehead atoms. The third-order valence-electron chi connectivity index (χ3n) is 4.76. The van der Waals surface area contributed by atoms with Gasteiger partial charge in [0.15, 0.2) is 0 Å². The molecular weight excluding hydrogens is 236 g/mol. The summed E-state index contributed by atoms with van der Waals surface area (Å²) in [7, 11) is 0. The lowest BCUT2D eigenvalue weighted by molar-refractivity contribution is 0.281. The van der Waals surface area contributed by atoms with Crippen molar-refractivity contribution in [3.05, 3.63) is 23.4 Å². The van der Waals surface area contributed by atoms with Crippen LogP contribution in [0.4, 0.5) is 5.82 Å². The van der Waals surface area contributed by atoms with Crippen LogP contribution in [0.15, 0.2) is 12.1 Å². The summed E-state index contributed by atoms with van der Waals surface area (Å²) in [4.78, 5) is 7.31. The van der Waals surface area contributed by atoms with E-state index in [1.54, 1.807) is 0 Å². The minimum absolute atomic E-state index is 0.116. The number of piperidine rings is 1. The zero-order valence-electron chi connectivity index (χ0n) is 11.8. The molecule has 0 aromatic carbocycles. The van der Waals surface area contributed by atoms with Crippen molar-refractivity contribution in [3.63, 3.8) is 0 Å². The van der Waals surface area contributed by atoms with Gasteiger partial charge >= 0.3 is 0 Å². The summed E-state index contributed by atoms with van der Waals surface area (Å²) in [6.07, 6.45) is 7.68. The fourth-order valence-corrected chi connectivity index (χ4v) is 3.79. The van der Waals surface area contributed by atoms with Gasteiger partial charge in [0.05, 0.1) is 6.61 Å². The summed E-state index contributed by atoms with van der Waals surface area (Å²) < 4.78 is 0. The topological polar surface area (TPSA) is 36.4 Å². The summed E-state index contributed by atoms with van der Waals surface area (Å²) >= 11 is 0. The van der Waals surface area contributed by atoms with Crippen LogP contribution in [0, 0.1) is 5.92 Å². The number of pyridine rings is 1. The maximum absolute atomic E-state index is 9.42. The van der Waals surface area contributed by atoms with Crippen molar-refractivity contribution in [3.8, 4) is 0 Å². The van der Waals surface area contributed by atoms with Crippen LogP contribution in [-0.4, -0.2) is 22.7 Å². The van der Waals surface area contributed by atoms with E-state index in [9.17, 15) is 5.11 Å². The van der Waals surface area contributed by atoms with Crippen molar-refractivity contribution >= 4 is 5.82 Å². The van der Waals surface area contributed by atoms with Gasteiger partial charge in [0, 0.05) is 18.3 Å². The minimum atomic E-state index is 0.116. The van der Waals surface area contributed by atoms with Crippen LogP contribution in [0.1, 0.15) is 50.3 Å². The first kappa shape index (κ1) is 12.9. The molecule has 1 aliphatic carbocycles. The fraction of sp³-hybridized carbons (Fsp3) is 0.688. The number of aliphatic hydroxyl groups is 1. The Morgan fingerprint density at radius 2 is 2.11 bits per heavy atom. The van der Waals surface area contributed by atoms with E-state index in [0.29, 0.717) is 6.04 Å². The molecule has 1 saturated heterocycles. The van der Waals surface area contributed by atoms with Crippen molar-refractivity contribution < 1.29 is 5.11 Å². The van der Waals surface area contributed by atoms with Crippen molar-refractivity contribution in [2.45, 2.75) is 58.1 Å². The second-order valence-corrected chi connectivity index (χ2v) is 5.93. The molecule has 2 atom stereocenters. The highest BCUT2D eigenvalue weighted by atomic mass is 16.3. The molecule has 2 heterocycles. The Kier molecular flexibility index (Phi) is 3.74. The molecule has 0 radical (unpaired) electrons. The predicted molar refractivity (Wildman–Crippen MR) is 77.2 cm³/mol. The fourth-order valence-electron chi connectivity index (χ4n) is 3.79. The van der Waals surface area contributed by atoms with Crippen LogP contribution in [0.5, 0.6) is 0 Å². The van der Waals surface area contributed by atoms with E-state index < -0.39 is 0 Å². The molecule has 2 unspecified atom stereocenters. The molecule has 1 aliphatic heterocycles. The largest absolute Gasteiger partial charge is 0.392 e.